The van der Waals surface area contributed by atoms with E-state index in [1.807, 2.05) is 0 Å². The highest BCUT2D eigenvalue weighted by Gasteiger charge is 2.46. The highest BCUT2D eigenvalue weighted by Crippen LogP contribution is 2.50. The monoisotopic (exact) mass is 245 g/mol. The first-order valence-corrected chi connectivity index (χ1v) is 7.08. The summed E-state index contributed by atoms with van der Waals surface area (Å²) in [4.78, 5) is 2.49. The van der Waals surface area contributed by atoms with Gasteiger partial charge in [0.25, 0.3) is 0 Å². The van der Waals surface area contributed by atoms with Crippen LogP contribution in [0.1, 0.15) is 31.2 Å². The van der Waals surface area contributed by atoms with Crippen molar-refractivity contribution in [2.45, 2.75) is 31.1 Å². The first-order valence-electron chi connectivity index (χ1n) is 7.08. The summed E-state index contributed by atoms with van der Waals surface area (Å²) >= 11 is 0. The van der Waals surface area contributed by atoms with Crippen LogP contribution in [0.3, 0.4) is 0 Å². The molecule has 98 valence electrons. The van der Waals surface area contributed by atoms with Gasteiger partial charge in [0.15, 0.2) is 0 Å². The van der Waals surface area contributed by atoms with Crippen molar-refractivity contribution < 1.29 is 4.74 Å². The molecule has 0 aromatic heterocycles. The number of benzene rings is 1. The molecule has 0 amide bonds. The van der Waals surface area contributed by atoms with Gasteiger partial charge in [0.2, 0.25) is 0 Å². The third-order valence-corrected chi connectivity index (χ3v) is 5.07. The van der Waals surface area contributed by atoms with Crippen molar-refractivity contribution in [3.63, 3.8) is 0 Å². The summed E-state index contributed by atoms with van der Waals surface area (Å²) in [5, 5.41) is 0. The number of piperidine rings is 1. The molecule has 0 N–H and O–H groups in total. The predicted octanol–water partition coefficient (Wildman–Crippen LogP) is 3.07. The topological polar surface area (TPSA) is 12.5 Å². The first-order chi connectivity index (χ1) is 8.74. The maximum atomic E-state index is 5.40. The van der Waals surface area contributed by atoms with Gasteiger partial charge in [-0.15, -0.1) is 0 Å². The molecule has 18 heavy (non-hydrogen) atoms. The Morgan fingerprint density at radius 2 is 2.22 bits per heavy atom. The van der Waals surface area contributed by atoms with Crippen LogP contribution in [-0.4, -0.2) is 32.1 Å². The summed E-state index contributed by atoms with van der Waals surface area (Å²) in [6, 6.07) is 8.78. The lowest BCUT2D eigenvalue weighted by Crippen LogP contribution is -2.45. The molecule has 2 nitrogen and oxygen atoms in total. The molecule has 1 aromatic carbocycles. The number of ether oxygens (including phenoxy) is 1. The molecule has 1 aliphatic carbocycles. The number of nitrogens with zero attached hydrogens (tertiary/aromatic N) is 1. The molecule has 3 rings (SSSR count). The second kappa shape index (κ2) is 4.58. The van der Waals surface area contributed by atoms with Crippen molar-refractivity contribution in [1.29, 1.82) is 0 Å². The number of rotatable bonds is 2. The van der Waals surface area contributed by atoms with E-state index >= 15 is 0 Å². The lowest BCUT2D eigenvalue weighted by Gasteiger charge is -2.44. The van der Waals surface area contributed by atoms with Gasteiger partial charge in [-0.2, -0.15) is 0 Å². The molecule has 0 bridgehead atoms. The summed E-state index contributed by atoms with van der Waals surface area (Å²) in [6.45, 7) is 2.49. The molecule has 2 fully saturated rings. The number of hydrogen-bond acceptors (Lipinski definition) is 2. The second-order valence-electron chi connectivity index (χ2n) is 5.99. The summed E-state index contributed by atoms with van der Waals surface area (Å²) in [6.07, 6.45) is 5.44. The summed E-state index contributed by atoms with van der Waals surface area (Å²) < 4.78 is 5.40. The largest absolute Gasteiger partial charge is 0.497 e. The molecular weight excluding hydrogens is 222 g/mol. The summed E-state index contributed by atoms with van der Waals surface area (Å²) in [7, 11) is 4.02. The standard InChI is InChI=1S/C16H23NO/c1-17-10-9-16(8-4-6-14(16)12-17)13-5-3-7-15(11-13)18-2/h3,5,7,11,14H,4,6,8-10,12H2,1-2H3/t14-,16-/m1/s1. The van der Waals surface area contributed by atoms with E-state index in [2.05, 4.69) is 36.2 Å². The Morgan fingerprint density at radius 1 is 1.33 bits per heavy atom. The normalized spacial score (nSPS) is 32.2. The van der Waals surface area contributed by atoms with Crippen LogP contribution < -0.4 is 4.74 Å². The summed E-state index contributed by atoms with van der Waals surface area (Å²) in [5.41, 5.74) is 1.94. The van der Waals surface area contributed by atoms with Gasteiger partial charge < -0.3 is 9.64 Å². The van der Waals surface area contributed by atoms with E-state index in [9.17, 15) is 0 Å². The van der Waals surface area contributed by atoms with E-state index in [4.69, 9.17) is 4.74 Å². The van der Waals surface area contributed by atoms with Crippen LogP contribution in [0.5, 0.6) is 5.75 Å². The van der Waals surface area contributed by atoms with Gasteiger partial charge in [-0.25, -0.2) is 0 Å². The Balaban J connectivity index is 1.97. The van der Waals surface area contributed by atoms with Crippen LogP contribution in [0.15, 0.2) is 24.3 Å². The molecule has 1 heterocycles. The fourth-order valence-electron chi connectivity index (χ4n) is 4.05. The third-order valence-electron chi connectivity index (χ3n) is 5.07. The second-order valence-corrected chi connectivity index (χ2v) is 5.99. The van der Waals surface area contributed by atoms with Crippen molar-refractivity contribution >= 4 is 0 Å². The average Bonchev–Trinajstić information content (AvgIpc) is 2.83. The Bertz CT molecular complexity index is 431. The molecule has 0 radical (unpaired) electrons. The lowest BCUT2D eigenvalue weighted by molar-refractivity contribution is 0.133. The molecule has 0 spiro atoms. The molecular formula is C16H23NO. The lowest BCUT2D eigenvalue weighted by atomic mass is 9.68. The zero-order valence-electron chi connectivity index (χ0n) is 11.5. The van der Waals surface area contributed by atoms with Crippen LogP contribution >= 0.6 is 0 Å². The van der Waals surface area contributed by atoms with Crippen LogP contribution in [0.2, 0.25) is 0 Å². The Kier molecular flexibility index (Phi) is 3.06. The summed E-state index contributed by atoms with van der Waals surface area (Å²) in [5.74, 6) is 1.84. The first kappa shape index (κ1) is 12.0. The number of methoxy groups -OCH3 is 1. The highest BCUT2D eigenvalue weighted by atomic mass is 16.5. The maximum Gasteiger partial charge on any atom is 0.119 e. The maximum absolute atomic E-state index is 5.40. The number of hydrogen-bond donors (Lipinski definition) is 0. The SMILES string of the molecule is COc1cccc([C@]23CCC[C@@H]2CN(C)CC3)c1. The van der Waals surface area contributed by atoms with E-state index in [0.717, 1.165) is 11.7 Å². The molecule has 1 saturated heterocycles. The van der Waals surface area contributed by atoms with Crippen LogP contribution in [0.4, 0.5) is 0 Å². The highest BCUT2D eigenvalue weighted by molar-refractivity contribution is 5.36. The minimum Gasteiger partial charge on any atom is -0.497 e. The zero-order chi connectivity index (χ0) is 12.6. The van der Waals surface area contributed by atoms with Crippen LogP contribution in [-0.2, 0) is 5.41 Å². The van der Waals surface area contributed by atoms with Gasteiger partial charge in [-0.05, 0) is 56.5 Å². The fourth-order valence-corrected chi connectivity index (χ4v) is 4.05. The quantitative estimate of drug-likeness (QED) is 0.794. The van der Waals surface area contributed by atoms with E-state index in [-0.39, 0.29) is 0 Å². The Labute approximate surface area is 110 Å². The Morgan fingerprint density at radius 3 is 3.06 bits per heavy atom. The van der Waals surface area contributed by atoms with Crippen molar-refractivity contribution in [1.82, 2.24) is 4.90 Å². The molecule has 1 aliphatic heterocycles. The van der Waals surface area contributed by atoms with Crippen molar-refractivity contribution in [2.75, 3.05) is 27.2 Å². The fraction of sp³-hybridized carbons (Fsp3) is 0.625. The predicted molar refractivity (Wildman–Crippen MR) is 74.1 cm³/mol. The molecule has 2 heteroatoms. The van der Waals surface area contributed by atoms with Gasteiger partial charge >= 0.3 is 0 Å². The Hall–Kier alpha value is -1.02. The molecule has 1 saturated carbocycles. The van der Waals surface area contributed by atoms with E-state index < -0.39 is 0 Å². The number of fused-ring (bicyclic) bond motifs is 1. The zero-order valence-corrected chi connectivity index (χ0v) is 11.5. The molecule has 0 unspecified atom stereocenters. The molecule has 2 atom stereocenters. The molecule has 1 aromatic rings. The van der Waals surface area contributed by atoms with Crippen molar-refractivity contribution in [3.05, 3.63) is 29.8 Å². The number of likely N-dealkylation sites (tertiary alicyclic amines) is 1. The van der Waals surface area contributed by atoms with Crippen molar-refractivity contribution in [2.24, 2.45) is 5.92 Å². The van der Waals surface area contributed by atoms with E-state index in [1.165, 1.54) is 44.3 Å². The average molecular weight is 245 g/mol. The smallest absolute Gasteiger partial charge is 0.119 e. The third kappa shape index (κ3) is 1.83. The van der Waals surface area contributed by atoms with Crippen LogP contribution in [0, 0.1) is 5.92 Å². The van der Waals surface area contributed by atoms with Gasteiger partial charge in [-0.1, -0.05) is 18.6 Å². The van der Waals surface area contributed by atoms with Crippen LogP contribution in [0.25, 0.3) is 0 Å². The van der Waals surface area contributed by atoms with Gasteiger partial charge in [0, 0.05) is 12.0 Å². The minimum absolute atomic E-state index is 0.432. The van der Waals surface area contributed by atoms with Crippen molar-refractivity contribution in [3.8, 4) is 5.75 Å². The van der Waals surface area contributed by atoms with Gasteiger partial charge in [-0.3, -0.25) is 0 Å². The van der Waals surface area contributed by atoms with E-state index in [1.54, 1.807) is 7.11 Å². The van der Waals surface area contributed by atoms with Gasteiger partial charge in [0.05, 0.1) is 7.11 Å². The minimum atomic E-state index is 0.432. The van der Waals surface area contributed by atoms with E-state index in [0.29, 0.717) is 5.41 Å². The van der Waals surface area contributed by atoms with Gasteiger partial charge in [0.1, 0.15) is 5.75 Å². The molecule has 2 aliphatic rings.